The highest BCUT2D eigenvalue weighted by Crippen LogP contribution is 2.42. The van der Waals surface area contributed by atoms with Crippen LogP contribution in [0.4, 0.5) is 4.39 Å². The number of Topliss-reactive ketones (excluding diaryl/α,β-unsaturated/α-hetero) is 1. The molecule has 0 heterocycles. The molecule has 0 amide bonds. The van der Waals surface area contributed by atoms with E-state index in [4.69, 9.17) is 0 Å². The first-order chi connectivity index (χ1) is 15.6. The van der Waals surface area contributed by atoms with Gasteiger partial charge in [-0.05, 0) is 39.2 Å². The Balaban J connectivity index is 3.82. The molecule has 0 spiro atoms. The second-order valence-electron chi connectivity index (χ2n) is 11.6. The van der Waals surface area contributed by atoms with E-state index in [2.05, 4.69) is 106 Å². The van der Waals surface area contributed by atoms with E-state index in [-0.39, 0.29) is 5.56 Å². The van der Waals surface area contributed by atoms with Crippen LogP contribution in [-0.4, -0.2) is 21.9 Å². The van der Waals surface area contributed by atoms with Crippen molar-refractivity contribution in [2.75, 3.05) is 0 Å². The van der Waals surface area contributed by atoms with Gasteiger partial charge in [-0.15, -0.1) is 11.1 Å². The summed E-state index contributed by atoms with van der Waals surface area (Å²) in [6.07, 6.45) is 0. The Labute approximate surface area is 211 Å². The Kier molecular flexibility index (Phi) is 10.6. The van der Waals surface area contributed by atoms with E-state index in [9.17, 15) is 4.79 Å². The van der Waals surface area contributed by atoms with Gasteiger partial charge in [0.2, 0.25) is 0 Å². The Morgan fingerprint density at radius 2 is 1.03 bits per heavy atom. The number of hydrogen-bond acceptors (Lipinski definition) is 1. The summed E-state index contributed by atoms with van der Waals surface area (Å²) < 4.78 is 16.8. The Hall–Kier alpha value is -1.63. The number of carbonyl (C=O) groups excluding carboxylic acids is 1. The zero-order valence-electron chi connectivity index (χ0n) is 23.6. The lowest BCUT2D eigenvalue weighted by molar-refractivity contribution is -0.121. The molecular weight excluding hydrogens is 451 g/mol. The summed E-state index contributed by atoms with van der Waals surface area (Å²) in [5.74, 6) is 5.05. The van der Waals surface area contributed by atoms with Crippen molar-refractivity contribution in [3.05, 3.63) is 35.9 Å². The monoisotopic (exact) mass is 498 g/mol. The highest BCUT2D eigenvalue weighted by Gasteiger charge is 2.45. The number of carbonyl (C=O) groups is 1. The lowest BCUT2D eigenvalue weighted by Crippen LogP contribution is -2.44. The molecule has 0 bridgehead atoms. The van der Waals surface area contributed by atoms with Crippen LogP contribution in [0.5, 0.6) is 0 Å². The first-order valence-corrected chi connectivity index (χ1v) is 17.4. The smallest absolute Gasteiger partial charge is 0.265 e. The fourth-order valence-corrected chi connectivity index (χ4v) is 16.7. The number of alkyl halides is 1. The fourth-order valence-electron chi connectivity index (χ4n) is 6.24. The van der Waals surface area contributed by atoms with Crippen molar-refractivity contribution < 1.29 is 9.18 Å². The third-order valence-electron chi connectivity index (χ3n) is 8.06. The summed E-state index contributed by atoms with van der Waals surface area (Å²) >= 11 is 0. The van der Waals surface area contributed by atoms with Crippen LogP contribution < -0.4 is 0 Å². The van der Waals surface area contributed by atoms with Gasteiger partial charge in [-0.1, -0.05) is 119 Å². The largest absolute Gasteiger partial charge is 0.280 e. The van der Waals surface area contributed by atoms with E-state index in [1.54, 1.807) is 24.3 Å². The van der Waals surface area contributed by atoms with Gasteiger partial charge >= 0.3 is 0 Å². The second-order valence-corrected chi connectivity index (χ2v) is 22.8. The van der Waals surface area contributed by atoms with Crippen LogP contribution in [0.3, 0.4) is 0 Å². The minimum absolute atomic E-state index is 0.284. The molecule has 0 aliphatic carbocycles. The highest BCUT2D eigenvalue weighted by molar-refractivity contribution is 6.91. The topological polar surface area (TPSA) is 17.1 Å². The summed E-state index contributed by atoms with van der Waals surface area (Å²) in [4.78, 5) is 13.6. The average Bonchev–Trinajstić information content (AvgIpc) is 2.73. The molecule has 1 nitrogen and oxygen atoms in total. The van der Waals surface area contributed by atoms with Crippen molar-refractivity contribution >= 4 is 21.9 Å². The maximum Gasteiger partial charge on any atom is 0.265 e. The van der Waals surface area contributed by atoms with Crippen LogP contribution >= 0.6 is 0 Å². The van der Waals surface area contributed by atoms with Crippen LogP contribution in [0.25, 0.3) is 0 Å². The number of hydrogen-bond donors (Lipinski definition) is 0. The predicted molar refractivity (Wildman–Crippen MR) is 152 cm³/mol. The van der Waals surface area contributed by atoms with Gasteiger partial charge in [0.05, 0.1) is 0 Å². The molecule has 1 aromatic rings. The molecule has 0 saturated heterocycles. The van der Waals surface area contributed by atoms with Gasteiger partial charge < -0.3 is 0 Å². The molecule has 0 unspecified atom stereocenters. The molecule has 1 atom stereocenters. The van der Waals surface area contributed by atoms with Gasteiger partial charge in [0.25, 0.3) is 11.5 Å². The van der Waals surface area contributed by atoms with E-state index in [0.29, 0.717) is 33.2 Å². The average molecular weight is 499 g/mol. The zero-order valence-corrected chi connectivity index (χ0v) is 25.6. The van der Waals surface area contributed by atoms with Crippen molar-refractivity contribution in [3.63, 3.8) is 0 Å². The highest BCUT2D eigenvalue weighted by atomic mass is 28.3. The maximum atomic E-state index is 16.8. The van der Waals surface area contributed by atoms with Crippen LogP contribution in [-0.2, 0) is 10.5 Å². The lowest BCUT2D eigenvalue weighted by atomic mass is 9.92. The first-order valence-electron chi connectivity index (χ1n) is 13.0. The van der Waals surface area contributed by atoms with Crippen molar-refractivity contribution in [3.8, 4) is 22.9 Å². The summed E-state index contributed by atoms with van der Waals surface area (Å²) in [6, 6.07) is 8.68. The Morgan fingerprint density at radius 3 is 1.38 bits per heavy atom. The number of benzene rings is 1. The third kappa shape index (κ3) is 5.77. The summed E-state index contributed by atoms with van der Waals surface area (Å²) in [5, 5.41) is 0. The fraction of sp³-hybridized carbons (Fsp3) is 0.633. The molecular formula is C30H47FOSi2. The standard InChI is InChI=1S/C30H47FOSi2/c1-22(2)33(23(3)4,24(5)6)20-18-29(32)30(31,28-16-14-13-15-17-28)19-21-34(25(7)8,26(9)10)27(11)12/h13-17,22-27H,1-12H3/t30-/m0/s1. The molecule has 0 aliphatic rings. The predicted octanol–water partition coefficient (Wildman–Crippen LogP) is 8.86. The molecule has 4 heteroatoms. The third-order valence-corrected chi connectivity index (χ3v) is 20.6. The van der Waals surface area contributed by atoms with E-state index in [1.165, 1.54) is 0 Å². The van der Waals surface area contributed by atoms with Gasteiger partial charge in [0.1, 0.15) is 16.1 Å². The first kappa shape index (κ1) is 30.4. The van der Waals surface area contributed by atoms with Gasteiger partial charge in [-0.25, -0.2) is 4.39 Å². The number of halogens is 1. The SMILES string of the molecule is CC(C)[Si](C#CC(=O)[C@](F)(C#C[Si](C(C)C)(C(C)C)C(C)C)c1ccccc1)(C(C)C)C(C)C. The summed E-state index contributed by atoms with van der Waals surface area (Å²) in [5.41, 5.74) is 6.89. The van der Waals surface area contributed by atoms with Gasteiger partial charge in [-0.3, -0.25) is 4.79 Å². The van der Waals surface area contributed by atoms with Crippen molar-refractivity contribution in [1.82, 2.24) is 0 Å². The van der Waals surface area contributed by atoms with Crippen LogP contribution in [0, 0.1) is 22.9 Å². The van der Waals surface area contributed by atoms with E-state index in [1.807, 2.05) is 6.07 Å². The van der Waals surface area contributed by atoms with E-state index >= 15 is 4.39 Å². The molecule has 1 rings (SSSR count). The summed E-state index contributed by atoms with van der Waals surface area (Å²) in [6.45, 7) is 26.3. The Bertz CT molecular complexity index is 895. The molecule has 0 radical (unpaired) electrons. The summed E-state index contributed by atoms with van der Waals surface area (Å²) in [7, 11) is -4.39. The van der Waals surface area contributed by atoms with E-state index in [0.717, 1.165) is 0 Å². The minimum Gasteiger partial charge on any atom is -0.280 e. The van der Waals surface area contributed by atoms with Gasteiger partial charge in [0, 0.05) is 5.56 Å². The quantitative estimate of drug-likeness (QED) is 0.258. The second kappa shape index (κ2) is 11.9. The normalized spacial score (nSPS) is 14.3. The minimum atomic E-state index is -2.42. The molecule has 0 aliphatic heterocycles. The van der Waals surface area contributed by atoms with Crippen molar-refractivity contribution in [1.29, 1.82) is 0 Å². The van der Waals surface area contributed by atoms with Crippen molar-refractivity contribution in [2.24, 2.45) is 0 Å². The van der Waals surface area contributed by atoms with Crippen LogP contribution in [0.2, 0.25) is 33.2 Å². The van der Waals surface area contributed by atoms with E-state index < -0.39 is 27.6 Å². The molecule has 0 fully saturated rings. The zero-order chi connectivity index (χ0) is 26.5. The van der Waals surface area contributed by atoms with Crippen LogP contribution in [0.15, 0.2) is 30.3 Å². The molecule has 188 valence electrons. The lowest BCUT2D eigenvalue weighted by Gasteiger charge is -2.38. The molecule has 0 N–H and O–H groups in total. The molecule has 0 saturated carbocycles. The maximum absolute atomic E-state index is 16.8. The molecule has 1 aromatic carbocycles. The van der Waals surface area contributed by atoms with Gasteiger partial charge in [-0.2, -0.15) is 0 Å². The van der Waals surface area contributed by atoms with Gasteiger partial charge in [0.15, 0.2) is 0 Å². The number of ketones is 1. The van der Waals surface area contributed by atoms with Crippen molar-refractivity contribution in [2.45, 2.75) is 122 Å². The number of rotatable bonds is 8. The van der Waals surface area contributed by atoms with Crippen LogP contribution in [0.1, 0.15) is 88.6 Å². The Morgan fingerprint density at radius 1 is 0.676 bits per heavy atom. The molecule has 0 aromatic heterocycles. The molecule has 34 heavy (non-hydrogen) atoms.